The van der Waals surface area contributed by atoms with Crippen LogP contribution in [0, 0.1) is 11.3 Å². The molecule has 0 aromatic heterocycles. The number of nitriles is 1. The first-order valence-corrected chi connectivity index (χ1v) is 6.94. The van der Waals surface area contributed by atoms with E-state index in [-0.39, 0.29) is 18.0 Å². The minimum absolute atomic E-state index is 0.00159. The molecule has 0 aliphatic rings. The second-order valence-electron chi connectivity index (χ2n) is 5.39. The van der Waals surface area contributed by atoms with Crippen molar-refractivity contribution in [1.82, 2.24) is 10.6 Å². The first-order valence-electron chi connectivity index (χ1n) is 6.94. The average molecular weight is 273 g/mol. The Hall–Kier alpha value is -1.86. The van der Waals surface area contributed by atoms with Gasteiger partial charge in [-0.25, -0.2) is 0 Å². The molecule has 0 aliphatic heterocycles. The van der Waals surface area contributed by atoms with E-state index in [1.54, 1.807) is 0 Å². The minimum atomic E-state index is -0.354. The topological polar surface area (TPSA) is 64.9 Å². The molecule has 1 aromatic rings. The predicted octanol–water partition coefficient (Wildman–Crippen LogP) is 2.49. The van der Waals surface area contributed by atoms with Crippen LogP contribution in [0.2, 0.25) is 0 Å². The Bertz CT molecular complexity index is 473. The van der Waals surface area contributed by atoms with Crippen molar-refractivity contribution in [3.8, 4) is 6.07 Å². The van der Waals surface area contributed by atoms with Crippen molar-refractivity contribution < 1.29 is 4.79 Å². The van der Waals surface area contributed by atoms with Gasteiger partial charge in [0.15, 0.2) is 0 Å². The highest BCUT2D eigenvalue weighted by molar-refractivity contribution is 5.73. The summed E-state index contributed by atoms with van der Waals surface area (Å²) in [5.74, 6) is 0.423. The van der Waals surface area contributed by atoms with E-state index in [2.05, 4.69) is 42.7 Å². The van der Waals surface area contributed by atoms with Crippen molar-refractivity contribution >= 4 is 5.91 Å². The molecule has 0 saturated carbocycles. The fourth-order valence-electron chi connectivity index (χ4n) is 2.00. The summed E-state index contributed by atoms with van der Waals surface area (Å²) in [4.78, 5) is 10.9. The van der Waals surface area contributed by atoms with Gasteiger partial charge in [0, 0.05) is 19.5 Å². The van der Waals surface area contributed by atoms with Gasteiger partial charge in [-0.3, -0.25) is 10.1 Å². The Balaban J connectivity index is 2.62. The average Bonchev–Trinajstić information content (AvgIpc) is 2.39. The quantitative estimate of drug-likeness (QED) is 0.837. The fraction of sp³-hybridized carbons (Fsp3) is 0.500. The van der Waals surface area contributed by atoms with Crippen LogP contribution in [0.1, 0.15) is 50.8 Å². The van der Waals surface area contributed by atoms with E-state index in [1.165, 1.54) is 12.5 Å². The molecule has 4 heteroatoms. The largest absolute Gasteiger partial charge is 0.353 e. The number of carbonyl (C=O) groups is 1. The van der Waals surface area contributed by atoms with Crippen molar-refractivity contribution in [2.45, 2.75) is 45.7 Å². The number of hydrogen-bond acceptors (Lipinski definition) is 3. The third-order valence-corrected chi connectivity index (χ3v) is 3.14. The van der Waals surface area contributed by atoms with E-state index >= 15 is 0 Å². The van der Waals surface area contributed by atoms with Crippen molar-refractivity contribution in [2.24, 2.45) is 0 Å². The highest BCUT2D eigenvalue weighted by Crippen LogP contribution is 2.18. The van der Waals surface area contributed by atoms with Crippen LogP contribution in [-0.2, 0) is 4.79 Å². The number of nitrogens with zero attached hydrogens (tertiary/aromatic N) is 1. The smallest absolute Gasteiger partial charge is 0.217 e. The highest BCUT2D eigenvalue weighted by atomic mass is 16.1. The maximum atomic E-state index is 10.9. The molecule has 20 heavy (non-hydrogen) atoms. The number of amides is 1. The summed E-state index contributed by atoms with van der Waals surface area (Å²) in [6.07, 6.45) is 0. The van der Waals surface area contributed by atoms with Gasteiger partial charge in [-0.15, -0.1) is 0 Å². The molecular formula is C16H23N3O. The summed E-state index contributed by atoms with van der Waals surface area (Å²) in [5.41, 5.74) is 2.21. The normalized spacial score (nSPS) is 13.6. The van der Waals surface area contributed by atoms with Gasteiger partial charge < -0.3 is 5.32 Å². The predicted molar refractivity (Wildman–Crippen MR) is 80.2 cm³/mol. The number of nitrogens with one attached hydrogen (secondary N) is 2. The molecule has 2 unspecified atom stereocenters. The third kappa shape index (κ3) is 5.02. The Morgan fingerprint density at radius 3 is 2.20 bits per heavy atom. The van der Waals surface area contributed by atoms with E-state index in [9.17, 15) is 10.1 Å². The number of benzene rings is 1. The fourth-order valence-corrected chi connectivity index (χ4v) is 2.00. The van der Waals surface area contributed by atoms with Crippen LogP contribution >= 0.6 is 0 Å². The zero-order chi connectivity index (χ0) is 15.1. The monoisotopic (exact) mass is 273 g/mol. The lowest BCUT2D eigenvalue weighted by Gasteiger charge is -2.17. The van der Waals surface area contributed by atoms with Gasteiger partial charge in [-0.2, -0.15) is 5.26 Å². The molecule has 0 fully saturated rings. The Labute approximate surface area is 121 Å². The third-order valence-electron chi connectivity index (χ3n) is 3.14. The van der Waals surface area contributed by atoms with Crippen LogP contribution in [-0.4, -0.2) is 18.5 Å². The van der Waals surface area contributed by atoms with Gasteiger partial charge in [-0.1, -0.05) is 38.1 Å². The Morgan fingerprint density at radius 1 is 1.20 bits per heavy atom. The summed E-state index contributed by atoms with van der Waals surface area (Å²) in [5, 5.41) is 15.2. The zero-order valence-electron chi connectivity index (χ0n) is 12.6. The second kappa shape index (κ2) is 7.66. The standard InChI is InChI=1S/C16H23N3O/c1-11(2)14-5-7-15(8-6-14)16(9-17)18-10-12(3)19-13(4)20/h5-8,11-12,16,18H,10H2,1-4H3,(H,19,20). The molecule has 2 N–H and O–H groups in total. The van der Waals surface area contributed by atoms with Crippen LogP contribution in [0.5, 0.6) is 0 Å². The van der Waals surface area contributed by atoms with E-state index < -0.39 is 0 Å². The lowest BCUT2D eigenvalue weighted by molar-refractivity contribution is -0.119. The van der Waals surface area contributed by atoms with Gasteiger partial charge in [0.2, 0.25) is 5.91 Å². The van der Waals surface area contributed by atoms with Crippen molar-refractivity contribution in [2.75, 3.05) is 6.54 Å². The van der Waals surface area contributed by atoms with E-state index in [0.29, 0.717) is 12.5 Å². The maximum absolute atomic E-state index is 10.9. The summed E-state index contributed by atoms with van der Waals surface area (Å²) in [7, 11) is 0. The molecule has 2 atom stereocenters. The summed E-state index contributed by atoms with van der Waals surface area (Å²) >= 11 is 0. The van der Waals surface area contributed by atoms with Gasteiger partial charge in [0.25, 0.3) is 0 Å². The van der Waals surface area contributed by atoms with Crippen LogP contribution in [0.25, 0.3) is 0 Å². The van der Waals surface area contributed by atoms with Crippen LogP contribution in [0.4, 0.5) is 0 Å². The maximum Gasteiger partial charge on any atom is 0.217 e. The molecule has 1 amide bonds. The first-order chi connectivity index (χ1) is 9.43. The SMILES string of the molecule is CC(=O)NC(C)CNC(C#N)c1ccc(C(C)C)cc1. The van der Waals surface area contributed by atoms with Crippen molar-refractivity contribution in [3.05, 3.63) is 35.4 Å². The molecule has 4 nitrogen and oxygen atoms in total. The molecular weight excluding hydrogens is 250 g/mol. The van der Waals surface area contributed by atoms with Crippen LogP contribution in [0.15, 0.2) is 24.3 Å². The summed E-state index contributed by atoms with van der Waals surface area (Å²) in [6.45, 7) is 8.24. The van der Waals surface area contributed by atoms with Crippen LogP contribution < -0.4 is 10.6 Å². The summed E-state index contributed by atoms with van der Waals surface area (Å²) < 4.78 is 0. The number of carbonyl (C=O) groups excluding carboxylic acids is 1. The van der Waals surface area contributed by atoms with Crippen LogP contribution in [0.3, 0.4) is 0 Å². The highest BCUT2D eigenvalue weighted by Gasteiger charge is 2.12. The van der Waals surface area contributed by atoms with Gasteiger partial charge in [0.1, 0.15) is 6.04 Å². The van der Waals surface area contributed by atoms with E-state index in [4.69, 9.17) is 0 Å². The van der Waals surface area contributed by atoms with Crippen molar-refractivity contribution in [3.63, 3.8) is 0 Å². The molecule has 0 aliphatic carbocycles. The van der Waals surface area contributed by atoms with Crippen molar-refractivity contribution in [1.29, 1.82) is 5.26 Å². The Kier molecular flexibility index (Phi) is 6.20. The molecule has 0 heterocycles. The molecule has 0 bridgehead atoms. The lowest BCUT2D eigenvalue weighted by Crippen LogP contribution is -2.39. The minimum Gasteiger partial charge on any atom is -0.353 e. The molecule has 0 radical (unpaired) electrons. The molecule has 1 aromatic carbocycles. The second-order valence-corrected chi connectivity index (χ2v) is 5.39. The zero-order valence-corrected chi connectivity index (χ0v) is 12.6. The lowest BCUT2D eigenvalue weighted by atomic mass is 9.99. The van der Waals surface area contributed by atoms with E-state index in [1.807, 2.05) is 19.1 Å². The van der Waals surface area contributed by atoms with Gasteiger partial charge in [-0.05, 0) is 24.0 Å². The molecule has 0 spiro atoms. The number of rotatable bonds is 6. The molecule has 0 saturated heterocycles. The number of hydrogen-bond donors (Lipinski definition) is 2. The Morgan fingerprint density at radius 2 is 1.75 bits per heavy atom. The van der Waals surface area contributed by atoms with Gasteiger partial charge in [0.05, 0.1) is 6.07 Å². The first kappa shape index (κ1) is 16.2. The summed E-state index contributed by atoms with van der Waals surface area (Å²) in [6, 6.07) is 9.98. The van der Waals surface area contributed by atoms with E-state index in [0.717, 1.165) is 5.56 Å². The molecule has 108 valence electrons. The van der Waals surface area contributed by atoms with Gasteiger partial charge >= 0.3 is 0 Å². The molecule has 1 rings (SSSR count).